The van der Waals surface area contributed by atoms with Gasteiger partial charge in [0.05, 0.1) is 5.75 Å². The molecule has 0 aliphatic carbocycles. The Morgan fingerprint density at radius 3 is 2.69 bits per heavy atom. The Hall–Kier alpha value is -2.68. The van der Waals surface area contributed by atoms with Crippen molar-refractivity contribution >= 4 is 23.7 Å². The van der Waals surface area contributed by atoms with Gasteiger partial charge in [-0.05, 0) is 12.0 Å². The quantitative estimate of drug-likeness (QED) is 0.612. The van der Waals surface area contributed by atoms with Crippen molar-refractivity contribution in [1.29, 1.82) is 0 Å². The summed E-state index contributed by atoms with van der Waals surface area (Å²) in [6, 6.07) is 8.23. The maximum absolute atomic E-state index is 12.0. The molecule has 136 valence electrons. The first-order valence-corrected chi connectivity index (χ1v) is 9.31. The van der Waals surface area contributed by atoms with Crippen LogP contribution in [-0.2, 0) is 11.2 Å². The number of amides is 1. The molecule has 0 aliphatic heterocycles. The fourth-order valence-electron chi connectivity index (χ4n) is 2.14. The summed E-state index contributed by atoms with van der Waals surface area (Å²) in [5.41, 5.74) is 2.22. The topological polar surface area (TPSA) is 110 Å². The Morgan fingerprint density at radius 1 is 1.27 bits per heavy atom. The van der Waals surface area contributed by atoms with E-state index in [1.807, 2.05) is 26.0 Å². The summed E-state index contributed by atoms with van der Waals surface area (Å²) < 4.78 is 5.35. The molecule has 26 heavy (non-hydrogen) atoms. The normalized spacial score (nSPS) is 11.1. The molecule has 0 saturated heterocycles. The van der Waals surface area contributed by atoms with Gasteiger partial charge in [-0.15, -0.1) is 10.2 Å². The number of benzene rings is 1. The Morgan fingerprint density at radius 2 is 2.04 bits per heavy atom. The molecule has 0 radical (unpaired) electrons. The van der Waals surface area contributed by atoms with Crippen molar-refractivity contribution in [2.45, 2.75) is 38.3 Å². The second kappa shape index (κ2) is 8.13. The van der Waals surface area contributed by atoms with E-state index in [-0.39, 0.29) is 23.6 Å². The van der Waals surface area contributed by atoms with Gasteiger partial charge in [0.1, 0.15) is 0 Å². The number of carbonyl (C=O) groups excluding carboxylic acids is 1. The third-order valence-electron chi connectivity index (χ3n) is 3.61. The van der Waals surface area contributed by atoms with E-state index in [2.05, 4.69) is 49.8 Å². The molecule has 2 N–H and O–H groups in total. The van der Waals surface area contributed by atoms with Crippen molar-refractivity contribution in [3.63, 3.8) is 0 Å². The van der Waals surface area contributed by atoms with Gasteiger partial charge in [0.15, 0.2) is 5.82 Å². The highest BCUT2D eigenvalue weighted by molar-refractivity contribution is 7.99. The van der Waals surface area contributed by atoms with Crippen LogP contribution in [0.1, 0.15) is 38.1 Å². The lowest BCUT2D eigenvalue weighted by Gasteiger charge is -1.99. The van der Waals surface area contributed by atoms with Crippen molar-refractivity contribution in [1.82, 2.24) is 25.4 Å². The molecule has 1 amide bonds. The maximum Gasteiger partial charge on any atom is 0.322 e. The Kier molecular flexibility index (Phi) is 5.67. The second-order valence-electron chi connectivity index (χ2n) is 5.95. The van der Waals surface area contributed by atoms with Gasteiger partial charge < -0.3 is 4.42 Å². The van der Waals surface area contributed by atoms with Gasteiger partial charge in [-0.25, -0.2) is 4.98 Å². The number of aryl methyl sites for hydroxylation is 1. The molecule has 0 spiro atoms. The average Bonchev–Trinajstić information content (AvgIpc) is 3.29. The van der Waals surface area contributed by atoms with E-state index in [9.17, 15) is 4.79 Å². The molecule has 9 heteroatoms. The molecule has 1 aromatic carbocycles. The van der Waals surface area contributed by atoms with E-state index >= 15 is 0 Å². The standard InChI is InChI=1S/C17H20N6O2S/c1-4-11-5-7-12(8-6-11)14-19-17(23-20-14)26-9-13(24)18-16-22-21-15(25-16)10(2)3/h5-8,10H,4,9H2,1-3H3,(H,18,22,24)(H,19,20,23). The van der Waals surface area contributed by atoms with E-state index in [0.29, 0.717) is 16.9 Å². The third-order valence-corrected chi connectivity index (χ3v) is 4.46. The van der Waals surface area contributed by atoms with Crippen molar-refractivity contribution in [2.24, 2.45) is 0 Å². The number of hydrogen-bond acceptors (Lipinski definition) is 7. The van der Waals surface area contributed by atoms with E-state index in [4.69, 9.17) is 4.42 Å². The van der Waals surface area contributed by atoms with Crippen LogP contribution in [0.2, 0.25) is 0 Å². The fraction of sp³-hybridized carbons (Fsp3) is 0.353. The molecule has 3 rings (SSSR count). The summed E-state index contributed by atoms with van der Waals surface area (Å²) in [6.07, 6.45) is 0.992. The van der Waals surface area contributed by atoms with E-state index in [1.165, 1.54) is 17.3 Å². The van der Waals surface area contributed by atoms with Crippen LogP contribution in [0.15, 0.2) is 33.8 Å². The van der Waals surface area contributed by atoms with Crippen molar-refractivity contribution in [3.05, 3.63) is 35.7 Å². The lowest BCUT2D eigenvalue weighted by atomic mass is 10.1. The van der Waals surface area contributed by atoms with Crippen LogP contribution in [0.25, 0.3) is 11.4 Å². The predicted molar refractivity (Wildman–Crippen MR) is 98.9 cm³/mol. The van der Waals surface area contributed by atoms with Crippen LogP contribution in [0.3, 0.4) is 0 Å². The first-order chi connectivity index (χ1) is 12.5. The second-order valence-corrected chi connectivity index (χ2v) is 6.90. The molecule has 0 aliphatic rings. The molecule has 3 aromatic rings. The van der Waals surface area contributed by atoms with E-state index < -0.39 is 0 Å². The van der Waals surface area contributed by atoms with Crippen molar-refractivity contribution in [2.75, 3.05) is 11.1 Å². The minimum Gasteiger partial charge on any atom is -0.408 e. The monoisotopic (exact) mass is 372 g/mol. The number of carbonyl (C=O) groups is 1. The average molecular weight is 372 g/mol. The number of aromatic nitrogens is 5. The first-order valence-electron chi connectivity index (χ1n) is 8.33. The van der Waals surface area contributed by atoms with Crippen LogP contribution in [0.5, 0.6) is 0 Å². The largest absolute Gasteiger partial charge is 0.408 e. The van der Waals surface area contributed by atoms with E-state index in [1.54, 1.807) is 0 Å². The van der Waals surface area contributed by atoms with Gasteiger partial charge in [0, 0.05) is 11.5 Å². The minimum absolute atomic E-state index is 0.103. The minimum atomic E-state index is -0.257. The lowest BCUT2D eigenvalue weighted by Crippen LogP contribution is -2.14. The zero-order chi connectivity index (χ0) is 18.5. The number of hydrogen-bond donors (Lipinski definition) is 2. The lowest BCUT2D eigenvalue weighted by molar-refractivity contribution is -0.113. The Bertz CT molecular complexity index is 872. The highest BCUT2D eigenvalue weighted by Gasteiger charge is 2.13. The molecule has 0 fully saturated rings. The smallest absolute Gasteiger partial charge is 0.322 e. The third kappa shape index (κ3) is 4.48. The maximum atomic E-state index is 12.0. The number of H-pyrrole nitrogens is 1. The van der Waals surface area contributed by atoms with Crippen LogP contribution < -0.4 is 5.32 Å². The summed E-state index contributed by atoms with van der Waals surface area (Å²) in [4.78, 5) is 16.4. The SMILES string of the molecule is CCc1ccc(-c2nc(SCC(=O)Nc3nnc(C(C)C)o3)n[nH]2)cc1. The van der Waals surface area contributed by atoms with Crippen LogP contribution >= 0.6 is 11.8 Å². The number of anilines is 1. The summed E-state index contributed by atoms with van der Waals surface area (Å²) in [6.45, 7) is 5.98. The number of rotatable bonds is 7. The summed E-state index contributed by atoms with van der Waals surface area (Å²) >= 11 is 1.23. The highest BCUT2D eigenvalue weighted by Crippen LogP contribution is 2.20. The Balaban J connectivity index is 1.54. The molecule has 0 bridgehead atoms. The molecule has 2 heterocycles. The van der Waals surface area contributed by atoms with E-state index in [0.717, 1.165) is 12.0 Å². The van der Waals surface area contributed by atoms with Crippen LogP contribution in [0, 0.1) is 0 Å². The summed E-state index contributed by atoms with van der Waals surface area (Å²) in [5.74, 6) is 1.16. The van der Waals surface area contributed by atoms with Gasteiger partial charge in [-0.1, -0.05) is 61.9 Å². The van der Waals surface area contributed by atoms with Gasteiger partial charge in [-0.3, -0.25) is 15.2 Å². The molecular weight excluding hydrogens is 352 g/mol. The predicted octanol–water partition coefficient (Wildman–Crippen LogP) is 3.27. The van der Waals surface area contributed by atoms with Gasteiger partial charge in [-0.2, -0.15) is 0 Å². The molecule has 0 atom stereocenters. The van der Waals surface area contributed by atoms with Crippen molar-refractivity contribution < 1.29 is 9.21 Å². The number of thioether (sulfide) groups is 1. The number of aromatic amines is 1. The zero-order valence-corrected chi connectivity index (χ0v) is 15.6. The summed E-state index contributed by atoms with van der Waals surface area (Å²) in [5, 5.41) is 17.8. The Labute approximate surface area is 155 Å². The molecule has 0 saturated carbocycles. The van der Waals surface area contributed by atoms with Crippen LogP contribution in [0.4, 0.5) is 6.01 Å². The van der Waals surface area contributed by atoms with Gasteiger partial charge in [0.2, 0.25) is 17.0 Å². The number of nitrogens with zero attached hydrogens (tertiary/aromatic N) is 4. The zero-order valence-electron chi connectivity index (χ0n) is 14.8. The molecular formula is C17H20N6O2S. The number of nitrogens with one attached hydrogen (secondary N) is 2. The molecule has 8 nitrogen and oxygen atoms in total. The highest BCUT2D eigenvalue weighted by atomic mass is 32.2. The van der Waals surface area contributed by atoms with Crippen LogP contribution in [-0.4, -0.2) is 37.0 Å². The molecule has 2 aromatic heterocycles. The van der Waals surface area contributed by atoms with Gasteiger partial charge >= 0.3 is 6.01 Å². The summed E-state index contributed by atoms with van der Waals surface area (Å²) in [7, 11) is 0. The first kappa shape index (κ1) is 18.1. The van der Waals surface area contributed by atoms with Crippen molar-refractivity contribution in [3.8, 4) is 11.4 Å². The fourth-order valence-corrected chi connectivity index (χ4v) is 2.74. The van der Waals surface area contributed by atoms with Gasteiger partial charge in [0.25, 0.3) is 0 Å². The molecule has 0 unspecified atom stereocenters.